The molecule has 1 aromatic heterocycles. The highest BCUT2D eigenvalue weighted by Crippen LogP contribution is 2.25. The van der Waals surface area contributed by atoms with E-state index in [0.717, 1.165) is 24.1 Å². The second-order valence-electron chi connectivity index (χ2n) is 6.41. The fourth-order valence-corrected chi connectivity index (χ4v) is 3.01. The van der Waals surface area contributed by atoms with Gasteiger partial charge in [-0.05, 0) is 31.4 Å². The molecule has 0 spiro atoms. The van der Waals surface area contributed by atoms with Gasteiger partial charge in [-0.2, -0.15) is 0 Å². The first-order valence-electron chi connectivity index (χ1n) is 8.77. The minimum Gasteiger partial charge on any atom is -0.423 e. The summed E-state index contributed by atoms with van der Waals surface area (Å²) in [4.78, 5) is 14.5. The number of carbonyl (C=O) groups is 1. The van der Waals surface area contributed by atoms with E-state index in [4.69, 9.17) is 9.15 Å². The summed E-state index contributed by atoms with van der Waals surface area (Å²) in [6.45, 7) is 8.28. The highest BCUT2D eigenvalue weighted by atomic mass is 16.5. The van der Waals surface area contributed by atoms with E-state index in [0.29, 0.717) is 24.9 Å². The number of rotatable bonds is 5. The van der Waals surface area contributed by atoms with Crippen LogP contribution in [0.5, 0.6) is 0 Å². The number of hydrogen-bond acceptors (Lipinski definition) is 5. The van der Waals surface area contributed by atoms with Gasteiger partial charge in [-0.15, -0.1) is 16.8 Å². The molecule has 1 N–H and O–H groups in total. The van der Waals surface area contributed by atoms with Crippen LogP contribution in [0.4, 0.5) is 10.5 Å². The Kier molecular flexibility index (Phi) is 5.68. The number of aromatic nitrogens is 2. The number of hydrogen-bond donors (Lipinski definition) is 1. The minimum atomic E-state index is -0.415. The number of amides is 2. The molecule has 138 valence electrons. The van der Waals surface area contributed by atoms with Gasteiger partial charge >= 0.3 is 6.03 Å². The van der Waals surface area contributed by atoms with Crippen molar-refractivity contribution in [3.05, 3.63) is 54.3 Å². The Morgan fingerprint density at radius 2 is 2.19 bits per heavy atom. The second-order valence-corrected chi connectivity index (χ2v) is 6.41. The van der Waals surface area contributed by atoms with Gasteiger partial charge in [-0.1, -0.05) is 24.3 Å². The zero-order valence-electron chi connectivity index (χ0n) is 15.1. The molecule has 2 amide bonds. The lowest BCUT2D eigenvalue weighted by Crippen LogP contribution is -2.47. The Bertz CT molecular complexity index is 774. The number of carbonyl (C=O) groups excluding carboxylic acids is 1. The summed E-state index contributed by atoms with van der Waals surface area (Å²) in [6, 6.07) is 7.66. The SMILES string of the molecule is C=CCCc1ccccc1NC(=O)N1C[C@@H](C)O[C@@H](c2nnc(C)o2)C1. The minimum absolute atomic E-state index is 0.122. The lowest BCUT2D eigenvalue weighted by atomic mass is 10.1. The first-order chi connectivity index (χ1) is 12.6. The summed E-state index contributed by atoms with van der Waals surface area (Å²) in [7, 11) is 0. The van der Waals surface area contributed by atoms with Gasteiger partial charge in [0.15, 0.2) is 6.10 Å². The zero-order chi connectivity index (χ0) is 18.5. The van der Waals surface area contributed by atoms with Crippen molar-refractivity contribution in [2.45, 2.75) is 38.9 Å². The van der Waals surface area contributed by atoms with E-state index in [1.54, 1.807) is 11.8 Å². The molecule has 7 heteroatoms. The molecule has 0 saturated carbocycles. The normalized spacial score (nSPS) is 20.0. The van der Waals surface area contributed by atoms with Gasteiger partial charge in [0.1, 0.15) is 0 Å². The largest absolute Gasteiger partial charge is 0.423 e. The average molecular weight is 356 g/mol. The van der Waals surface area contributed by atoms with Crippen molar-refractivity contribution < 1.29 is 13.9 Å². The third kappa shape index (κ3) is 4.29. The zero-order valence-corrected chi connectivity index (χ0v) is 15.1. The molecule has 1 saturated heterocycles. The van der Waals surface area contributed by atoms with Gasteiger partial charge in [0.25, 0.3) is 0 Å². The maximum Gasteiger partial charge on any atom is 0.322 e. The molecule has 1 aromatic carbocycles. The third-order valence-corrected chi connectivity index (χ3v) is 4.24. The van der Waals surface area contributed by atoms with E-state index in [-0.39, 0.29) is 12.1 Å². The Balaban J connectivity index is 1.70. The summed E-state index contributed by atoms with van der Waals surface area (Å²) < 4.78 is 11.3. The van der Waals surface area contributed by atoms with Gasteiger partial charge in [0.05, 0.1) is 12.6 Å². The van der Waals surface area contributed by atoms with E-state index in [2.05, 4.69) is 22.1 Å². The number of nitrogens with zero attached hydrogens (tertiary/aromatic N) is 3. The lowest BCUT2D eigenvalue weighted by molar-refractivity contribution is -0.0754. The number of anilines is 1. The summed E-state index contributed by atoms with van der Waals surface area (Å²) in [6.07, 6.45) is 3.03. The van der Waals surface area contributed by atoms with Crippen molar-refractivity contribution in [1.29, 1.82) is 0 Å². The number of urea groups is 1. The number of para-hydroxylation sites is 1. The van der Waals surface area contributed by atoms with Gasteiger partial charge in [-0.25, -0.2) is 4.79 Å². The van der Waals surface area contributed by atoms with E-state index < -0.39 is 6.10 Å². The van der Waals surface area contributed by atoms with Crippen LogP contribution in [0.15, 0.2) is 41.3 Å². The van der Waals surface area contributed by atoms with Crippen LogP contribution >= 0.6 is 0 Å². The molecule has 1 aliphatic heterocycles. The first kappa shape index (κ1) is 18.1. The average Bonchev–Trinajstić information content (AvgIpc) is 3.07. The molecule has 26 heavy (non-hydrogen) atoms. The van der Waals surface area contributed by atoms with E-state index >= 15 is 0 Å². The summed E-state index contributed by atoms with van der Waals surface area (Å²) in [5.74, 6) is 0.882. The van der Waals surface area contributed by atoms with Crippen molar-refractivity contribution in [2.24, 2.45) is 0 Å². The van der Waals surface area contributed by atoms with Crippen molar-refractivity contribution in [1.82, 2.24) is 15.1 Å². The summed E-state index contributed by atoms with van der Waals surface area (Å²) in [5, 5.41) is 10.9. The third-order valence-electron chi connectivity index (χ3n) is 4.24. The maximum atomic E-state index is 12.8. The van der Waals surface area contributed by atoms with Crippen LogP contribution in [0.2, 0.25) is 0 Å². The molecule has 0 bridgehead atoms. The number of allylic oxidation sites excluding steroid dienone is 1. The molecule has 3 rings (SSSR count). The molecular formula is C19H24N4O3. The van der Waals surface area contributed by atoms with Crippen LogP contribution in [-0.2, 0) is 11.2 Å². The smallest absolute Gasteiger partial charge is 0.322 e. The van der Waals surface area contributed by atoms with Gasteiger partial charge < -0.3 is 19.4 Å². The topological polar surface area (TPSA) is 80.5 Å². The molecule has 2 heterocycles. The fraction of sp³-hybridized carbons (Fsp3) is 0.421. The number of morpholine rings is 1. The van der Waals surface area contributed by atoms with Crippen LogP contribution < -0.4 is 5.32 Å². The molecular weight excluding hydrogens is 332 g/mol. The van der Waals surface area contributed by atoms with Crippen LogP contribution in [0.3, 0.4) is 0 Å². The predicted octanol–water partition coefficient (Wildman–Crippen LogP) is 3.49. The number of ether oxygens (including phenoxy) is 1. The van der Waals surface area contributed by atoms with E-state index in [1.807, 2.05) is 37.3 Å². The molecule has 0 aliphatic carbocycles. The molecule has 0 unspecified atom stereocenters. The Morgan fingerprint density at radius 1 is 1.38 bits per heavy atom. The standard InChI is InChI=1S/C19H24N4O3/c1-4-5-8-15-9-6-7-10-16(15)20-19(24)23-11-13(2)25-17(12-23)18-22-21-14(3)26-18/h4,6-7,9-10,13,17H,1,5,8,11-12H2,2-3H3,(H,20,24)/t13-,17-/m1/s1. The van der Waals surface area contributed by atoms with Crippen LogP contribution in [0.1, 0.15) is 36.8 Å². The van der Waals surface area contributed by atoms with Gasteiger partial charge in [0, 0.05) is 19.2 Å². The molecule has 0 radical (unpaired) electrons. The Hall–Kier alpha value is -2.67. The summed E-state index contributed by atoms with van der Waals surface area (Å²) >= 11 is 0. The monoisotopic (exact) mass is 356 g/mol. The fourth-order valence-electron chi connectivity index (χ4n) is 3.01. The highest BCUT2D eigenvalue weighted by molar-refractivity contribution is 5.90. The van der Waals surface area contributed by atoms with Crippen molar-refractivity contribution >= 4 is 11.7 Å². The quantitative estimate of drug-likeness (QED) is 0.830. The molecule has 2 aromatic rings. The van der Waals surface area contributed by atoms with Gasteiger partial charge in [-0.3, -0.25) is 0 Å². The summed E-state index contributed by atoms with van der Waals surface area (Å²) in [5.41, 5.74) is 1.91. The number of nitrogens with one attached hydrogen (secondary N) is 1. The van der Waals surface area contributed by atoms with Crippen molar-refractivity contribution in [3.8, 4) is 0 Å². The maximum absolute atomic E-state index is 12.8. The first-order valence-corrected chi connectivity index (χ1v) is 8.77. The molecule has 1 aliphatic rings. The van der Waals surface area contributed by atoms with E-state index in [9.17, 15) is 4.79 Å². The Morgan fingerprint density at radius 3 is 2.92 bits per heavy atom. The Labute approximate surface area is 153 Å². The number of aryl methyl sites for hydroxylation is 2. The van der Waals surface area contributed by atoms with Crippen molar-refractivity contribution in [3.63, 3.8) is 0 Å². The van der Waals surface area contributed by atoms with Crippen LogP contribution in [0.25, 0.3) is 0 Å². The molecule has 2 atom stereocenters. The highest BCUT2D eigenvalue weighted by Gasteiger charge is 2.32. The van der Waals surface area contributed by atoms with Crippen LogP contribution in [0, 0.1) is 6.92 Å². The van der Waals surface area contributed by atoms with E-state index in [1.165, 1.54) is 0 Å². The molecule has 1 fully saturated rings. The van der Waals surface area contributed by atoms with Gasteiger partial charge in [0.2, 0.25) is 11.8 Å². The number of benzene rings is 1. The van der Waals surface area contributed by atoms with Crippen molar-refractivity contribution in [2.75, 3.05) is 18.4 Å². The molecule has 7 nitrogen and oxygen atoms in total. The lowest BCUT2D eigenvalue weighted by Gasteiger charge is -2.35. The predicted molar refractivity (Wildman–Crippen MR) is 97.9 cm³/mol. The second kappa shape index (κ2) is 8.14. The van der Waals surface area contributed by atoms with Crippen LogP contribution in [-0.4, -0.2) is 40.3 Å².